The molecule has 116 valence electrons. The number of carbonyl (C=O) groups is 1. The van der Waals surface area contributed by atoms with Crippen LogP contribution in [0.5, 0.6) is 5.75 Å². The molecule has 3 heterocycles. The number of hydrogen-bond donors (Lipinski definition) is 3. The van der Waals surface area contributed by atoms with E-state index in [1.807, 2.05) is 0 Å². The Hall–Kier alpha value is -3.00. The van der Waals surface area contributed by atoms with Gasteiger partial charge < -0.3 is 15.2 Å². The first-order valence-electron chi connectivity index (χ1n) is 6.55. The van der Waals surface area contributed by atoms with Gasteiger partial charge in [-0.05, 0) is 36.8 Å². The summed E-state index contributed by atoms with van der Waals surface area (Å²) in [5.41, 5.74) is 0.621. The Morgan fingerprint density at radius 1 is 1.35 bits per heavy atom. The molecule has 0 unspecified atom stereocenters. The van der Waals surface area contributed by atoms with Gasteiger partial charge in [-0.3, -0.25) is 9.78 Å². The predicted molar refractivity (Wildman–Crippen MR) is 86.8 cm³/mol. The Kier molecular flexibility index (Phi) is 3.67. The number of aryl methyl sites for hydroxylation is 1. The second-order valence-corrected chi connectivity index (χ2v) is 5.77. The van der Waals surface area contributed by atoms with E-state index in [-0.39, 0.29) is 16.2 Å². The molecule has 3 rings (SSSR count). The lowest BCUT2D eigenvalue weighted by atomic mass is 10.2. The number of carboxylic acids is 1. The quantitative estimate of drug-likeness (QED) is 0.678. The van der Waals surface area contributed by atoms with Gasteiger partial charge in [0.05, 0.1) is 17.3 Å². The summed E-state index contributed by atoms with van der Waals surface area (Å²) in [4.78, 5) is 34.7. The van der Waals surface area contributed by atoms with E-state index >= 15 is 0 Å². The average Bonchev–Trinajstić information content (AvgIpc) is 2.84. The molecule has 8 heteroatoms. The molecule has 3 aromatic heterocycles. The first-order valence-corrected chi connectivity index (χ1v) is 7.37. The molecule has 0 fully saturated rings. The van der Waals surface area contributed by atoms with Crippen molar-refractivity contribution >= 4 is 39.7 Å². The third-order valence-corrected chi connectivity index (χ3v) is 4.37. The third-order valence-electron chi connectivity index (χ3n) is 3.20. The second kappa shape index (κ2) is 5.65. The highest BCUT2D eigenvalue weighted by Gasteiger charge is 2.18. The molecule has 3 N–H and O–H groups in total. The number of carboxylic acid groups (broad SMARTS) is 1. The van der Waals surface area contributed by atoms with Crippen molar-refractivity contribution in [1.82, 2.24) is 15.0 Å². The number of nitrogens with one attached hydrogen (secondary N) is 1. The fourth-order valence-electron chi connectivity index (χ4n) is 2.10. The lowest BCUT2D eigenvalue weighted by Crippen LogP contribution is -2.09. The molecule has 0 amide bonds. The highest BCUT2D eigenvalue weighted by Crippen LogP contribution is 2.26. The Bertz CT molecular complexity index is 986. The van der Waals surface area contributed by atoms with Crippen molar-refractivity contribution in [1.29, 1.82) is 0 Å². The number of hydrogen-bond acceptors (Lipinski definition) is 6. The van der Waals surface area contributed by atoms with E-state index in [0.717, 1.165) is 11.3 Å². The van der Waals surface area contributed by atoms with Gasteiger partial charge in [-0.15, -0.1) is 11.3 Å². The van der Waals surface area contributed by atoms with Gasteiger partial charge in [0.2, 0.25) is 0 Å². The molecule has 0 aliphatic heterocycles. The Balaban J connectivity index is 2.04. The van der Waals surface area contributed by atoms with Gasteiger partial charge in [-0.25, -0.2) is 9.78 Å². The Morgan fingerprint density at radius 3 is 2.78 bits per heavy atom. The van der Waals surface area contributed by atoms with Crippen molar-refractivity contribution in [3.05, 3.63) is 50.6 Å². The number of pyridine rings is 1. The zero-order chi connectivity index (χ0) is 16.6. The first-order chi connectivity index (χ1) is 11.0. The monoisotopic (exact) mass is 329 g/mol. The van der Waals surface area contributed by atoms with E-state index in [0.29, 0.717) is 27.3 Å². The number of nitrogens with zero attached hydrogens (tertiary/aromatic N) is 2. The molecule has 0 bridgehead atoms. The molecule has 0 aromatic carbocycles. The SMILES string of the molecule is Cc1c(C(=O)O)sc2nc(/C=C/c3ccc(O)cn3)[nH]c(=O)c12. The minimum Gasteiger partial charge on any atom is -0.506 e. The molecule has 0 aliphatic rings. The second-order valence-electron chi connectivity index (χ2n) is 4.77. The maximum atomic E-state index is 12.1. The van der Waals surface area contributed by atoms with Crippen LogP contribution in [0.2, 0.25) is 0 Å². The van der Waals surface area contributed by atoms with E-state index in [4.69, 9.17) is 5.11 Å². The number of aromatic carboxylic acids is 1. The van der Waals surface area contributed by atoms with Crippen LogP contribution in [-0.4, -0.2) is 31.1 Å². The zero-order valence-corrected chi connectivity index (χ0v) is 12.7. The molecule has 0 radical (unpaired) electrons. The van der Waals surface area contributed by atoms with Crippen LogP contribution in [-0.2, 0) is 0 Å². The smallest absolute Gasteiger partial charge is 0.346 e. The van der Waals surface area contributed by atoms with Crippen LogP contribution in [0.4, 0.5) is 0 Å². The molecule has 0 aliphatic carbocycles. The predicted octanol–water partition coefficient (Wildman–Crippen LogP) is 2.26. The van der Waals surface area contributed by atoms with Crippen LogP contribution in [0.15, 0.2) is 23.1 Å². The van der Waals surface area contributed by atoms with Crippen LogP contribution in [0, 0.1) is 6.92 Å². The fraction of sp³-hybridized carbons (Fsp3) is 0.0667. The van der Waals surface area contributed by atoms with Gasteiger partial charge >= 0.3 is 5.97 Å². The molecule has 3 aromatic rings. The van der Waals surface area contributed by atoms with E-state index in [1.54, 1.807) is 25.1 Å². The Morgan fingerprint density at radius 2 is 2.13 bits per heavy atom. The molecule has 0 saturated heterocycles. The van der Waals surface area contributed by atoms with Gasteiger partial charge in [0.1, 0.15) is 21.3 Å². The number of aromatic nitrogens is 3. The Labute approximate surface area is 133 Å². The molecule has 0 saturated carbocycles. The van der Waals surface area contributed by atoms with Crippen molar-refractivity contribution in [2.45, 2.75) is 6.92 Å². The molecular weight excluding hydrogens is 318 g/mol. The summed E-state index contributed by atoms with van der Waals surface area (Å²) in [6.07, 6.45) is 4.50. The topological polar surface area (TPSA) is 116 Å². The van der Waals surface area contributed by atoms with E-state index < -0.39 is 5.97 Å². The van der Waals surface area contributed by atoms with E-state index in [1.165, 1.54) is 12.3 Å². The lowest BCUT2D eigenvalue weighted by molar-refractivity contribution is 0.0701. The number of thiophene rings is 1. The summed E-state index contributed by atoms with van der Waals surface area (Å²) in [7, 11) is 0. The third kappa shape index (κ3) is 2.84. The average molecular weight is 329 g/mol. The van der Waals surface area contributed by atoms with Crippen LogP contribution in [0.3, 0.4) is 0 Å². The fourth-order valence-corrected chi connectivity index (χ4v) is 3.13. The summed E-state index contributed by atoms with van der Waals surface area (Å²) in [5, 5.41) is 18.6. The summed E-state index contributed by atoms with van der Waals surface area (Å²) in [6, 6.07) is 3.11. The number of aromatic hydroxyl groups is 1. The summed E-state index contributed by atoms with van der Waals surface area (Å²) < 4.78 is 0. The van der Waals surface area contributed by atoms with Crippen molar-refractivity contribution in [3.8, 4) is 5.75 Å². The van der Waals surface area contributed by atoms with Gasteiger partial charge in [0.25, 0.3) is 5.56 Å². The van der Waals surface area contributed by atoms with Gasteiger partial charge in [-0.1, -0.05) is 0 Å². The highest BCUT2D eigenvalue weighted by molar-refractivity contribution is 7.20. The van der Waals surface area contributed by atoms with Crippen LogP contribution >= 0.6 is 11.3 Å². The normalized spacial score (nSPS) is 11.3. The number of rotatable bonds is 3. The minimum atomic E-state index is -1.07. The number of fused-ring (bicyclic) bond motifs is 1. The van der Waals surface area contributed by atoms with E-state index in [2.05, 4.69) is 15.0 Å². The van der Waals surface area contributed by atoms with Gasteiger partial charge in [0, 0.05) is 0 Å². The van der Waals surface area contributed by atoms with Crippen molar-refractivity contribution in [2.24, 2.45) is 0 Å². The van der Waals surface area contributed by atoms with E-state index in [9.17, 15) is 14.7 Å². The summed E-state index contributed by atoms with van der Waals surface area (Å²) in [5.74, 6) is -0.712. The standard InChI is InChI=1S/C15H11N3O4S/c1-7-11-13(20)17-10(18-14(11)23-12(7)15(21)22)5-3-8-2-4-9(19)6-16-8/h2-6,19H,1H3,(H,21,22)(H,17,18,20)/b5-3+. The van der Waals surface area contributed by atoms with Crippen molar-refractivity contribution in [3.63, 3.8) is 0 Å². The largest absolute Gasteiger partial charge is 0.506 e. The lowest BCUT2D eigenvalue weighted by Gasteiger charge is -1.96. The van der Waals surface area contributed by atoms with Crippen LogP contribution in [0.25, 0.3) is 22.4 Å². The first kappa shape index (κ1) is 14.9. The molecule has 0 spiro atoms. The van der Waals surface area contributed by atoms with Crippen molar-refractivity contribution in [2.75, 3.05) is 0 Å². The minimum absolute atomic E-state index is 0.0605. The van der Waals surface area contributed by atoms with Gasteiger partial charge in [-0.2, -0.15) is 0 Å². The molecule has 23 heavy (non-hydrogen) atoms. The van der Waals surface area contributed by atoms with Crippen molar-refractivity contribution < 1.29 is 15.0 Å². The number of H-pyrrole nitrogens is 1. The van der Waals surface area contributed by atoms with Gasteiger partial charge in [0.15, 0.2) is 0 Å². The maximum Gasteiger partial charge on any atom is 0.346 e. The maximum absolute atomic E-state index is 12.1. The summed E-state index contributed by atoms with van der Waals surface area (Å²) >= 11 is 0.971. The highest BCUT2D eigenvalue weighted by atomic mass is 32.1. The molecule has 7 nitrogen and oxygen atoms in total. The van der Waals surface area contributed by atoms with Crippen LogP contribution in [0.1, 0.15) is 26.8 Å². The molecule has 0 atom stereocenters. The zero-order valence-electron chi connectivity index (χ0n) is 11.9. The number of aromatic amines is 1. The molecular formula is C15H11N3O4S. The summed E-state index contributed by atoms with van der Waals surface area (Å²) in [6.45, 7) is 1.59. The van der Waals surface area contributed by atoms with Crippen LogP contribution < -0.4 is 5.56 Å².